The maximum Gasteiger partial charge on any atom is 0.337 e. The van der Waals surface area contributed by atoms with Crippen LogP contribution in [0.1, 0.15) is 40.7 Å². The van der Waals surface area contributed by atoms with E-state index >= 15 is 0 Å². The van der Waals surface area contributed by atoms with Crippen molar-refractivity contribution in [3.05, 3.63) is 47.5 Å². The lowest BCUT2D eigenvalue weighted by Crippen LogP contribution is -2.07. The van der Waals surface area contributed by atoms with E-state index in [1.54, 1.807) is 18.2 Å². The molecule has 0 bridgehead atoms. The minimum Gasteiger partial charge on any atom is -0.493 e. The number of aromatic nitrogens is 2. The molecule has 1 unspecified atom stereocenters. The number of esters is 1. The Hall–Kier alpha value is -3.09. The van der Waals surface area contributed by atoms with Crippen LogP contribution in [0.3, 0.4) is 0 Å². The van der Waals surface area contributed by atoms with Crippen LogP contribution in [0.2, 0.25) is 0 Å². The molecule has 1 heterocycles. The maximum absolute atomic E-state index is 11.6. The predicted molar refractivity (Wildman–Crippen MR) is 92.4 cm³/mol. The molecule has 0 fully saturated rings. The summed E-state index contributed by atoms with van der Waals surface area (Å²) in [5, 5.41) is 9.97. The van der Waals surface area contributed by atoms with Gasteiger partial charge in [0.25, 0.3) is 0 Å². The molecule has 5 N–H and O–H groups in total. The summed E-state index contributed by atoms with van der Waals surface area (Å²) in [5.41, 5.74) is 13.8. The highest BCUT2D eigenvalue weighted by atomic mass is 16.5. The quantitative estimate of drug-likeness (QED) is 0.719. The van der Waals surface area contributed by atoms with E-state index in [9.17, 15) is 9.90 Å². The van der Waals surface area contributed by atoms with Gasteiger partial charge in [0.15, 0.2) is 0 Å². The van der Waals surface area contributed by atoms with E-state index in [1.807, 2.05) is 13.0 Å². The molecule has 1 aromatic heterocycles. The van der Waals surface area contributed by atoms with Gasteiger partial charge in [0, 0.05) is 0 Å². The van der Waals surface area contributed by atoms with Crippen molar-refractivity contribution in [2.75, 3.05) is 18.6 Å². The average Bonchev–Trinajstić information content (AvgIpc) is 2.53. The number of nitrogen functional groups attached to an aromatic ring is 2. The zero-order chi connectivity index (χ0) is 17.9. The summed E-state index contributed by atoms with van der Waals surface area (Å²) in [6.07, 6.45) is 0.496. The number of rotatable bonds is 5. The van der Waals surface area contributed by atoms with Crippen molar-refractivity contribution in [1.82, 2.24) is 9.97 Å². The lowest BCUT2D eigenvalue weighted by molar-refractivity contribution is 0.0600. The number of carbonyl (C=O) groups excluding carboxylic acids is 1. The van der Waals surface area contributed by atoms with Gasteiger partial charge in [-0.3, -0.25) is 0 Å². The van der Waals surface area contributed by atoms with Crippen LogP contribution in [-0.4, -0.2) is 28.2 Å². The van der Waals surface area contributed by atoms with Gasteiger partial charge in [-0.05, 0) is 35.6 Å². The molecule has 0 radical (unpaired) electrons. The summed E-state index contributed by atoms with van der Waals surface area (Å²) < 4.78 is 4.72. The molecule has 7 heteroatoms. The first-order valence-corrected chi connectivity index (χ1v) is 7.31. The van der Waals surface area contributed by atoms with Crippen LogP contribution >= 0.6 is 0 Å². The van der Waals surface area contributed by atoms with E-state index in [0.29, 0.717) is 17.5 Å². The van der Waals surface area contributed by atoms with Gasteiger partial charge in [-0.25, -0.2) is 4.79 Å². The zero-order valence-corrected chi connectivity index (χ0v) is 13.6. The molecule has 0 amide bonds. The van der Waals surface area contributed by atoms with E-state index in [-0.39, 0.29) is 23.6 Å². The Labute approximate surface area is 140 Å². The SMILES string of the molecule is C=C(CC(C)c1c(N)nc(N)nc1O)c1cccc(C(=O)OC)c1. The Kier molecular flexibility index (Phi) is 5.03. The van der Waals surface area contributed by atoms with Crippen molar-refractivity contribution in [2.45, 2.75) is 19.3 Å². The number of ether oxygens (including phenoxy) is 1. The molecule has 7 nitrogen and oxygen atoms in total. The first-order chi connectivity index (χ1) is 11.3. The summed E-state index contributed by atoms with van der Waals surface area (Å²) in [7, 11) is 1.33. The van der Waals surface area contributed by atoms with Crippen LogP contribution in [0.25, 0.3) is 5.57 Å². The number of nitrogens with two attached hydrogens (primary N) is 2. The fourth-order valence-electron chi connectivity index (χ4n) is 2.54. The number of methoxy groups -OCH3 is 1. The first kappa shape index (κ1) is 17.3. The van der Waals surface area contributed by atoms with Crippen LogP contribution in [0.15, 0.2) is 30.8 Å². The molecule has 0 spiro atoms. The lowest BCUT2D eigenvalue weighted by Gasteiger charge is -2.16. The Morgan fingerprint density at radius 3 is 2.62 bits per heavy atom. The Bertz CT molecular complexity index is 766. The van der Waals surface area contributed by atoms with Gasteiger partial charge in [-0.1, -0.05) is 25.6 Å². The Morgan fingerprint density at radius 1 is 1.33 bits per heavy atom. The van der Waals surface area contributed by atoms with Crippen molar-refractivity contribution in [3.8, 4) is 5.88 Å². The summed E-state index contributed by atoms with van der Waals surface area (Å²) >= 11 is 0. The Balaban J connectivity index is 2.22. The van der Waals surface area contributed by atoms with E-state index in [1.165, 1.54) is 7.11 Å². The van der Waals surface area contributed by atoms with Crippen LogP contribution < -0.4 is 11.5 Å². The molecule has 24 heavy (non-hydrogen) atoms. The number of benzene rings is 1. The van der Waals surface area contributed by atoms with Gasteiger partial charge in [0.1, 0.15) is 5.82 Å². The number of hydrogen-bond donors (Lipinski definition) is 3. The molecule has 2 rings (SSSR count). The molecule has 1 atom stereocenters. The fourth-order valence-corrected chi connectivity index (χ4v) is 2.54. The summed E-state index contributed by atoms with van der Waals surface area (Å²) in [4.78, 5) is 19.2. The highest BCUT2D eigenvalue weighted by molar-refractivity contribution is 5.90. The van der Waals surface area contributed by atoms with E-state index < -0.39 is 5.97 Å². The minimum atomic E-state index is -0.411. The van der Waals surface area contributed by atoms with Crippen molar-refractivity contribution >= 4 is 23.3 Å². The molecular weight excluding hydrogens is 308 g/mol. The second kappa shape index (κ2) is 6.99. The third-order valence-electron chi connectivity index (χ3n) is 3.71. The molecule has 2 aromatic rings. The molecule has 1 aromatic carbocycles. The van der Waals surface area contributed by atoms with Gasteiger partial charge >= 0.3 is 5.97 Å². The van der Waals surface area contributed by atoms with E-state index in [4.69, 9.17) is 16.2 Å². The van der Waals surface area contributed by atoms with E-state index in [0.717, 1.165) is 11.1 Å². The highest BCUT2D eigenvalue weighted by Gasteiger charge is 2.19. The van der Waals surface area contributed by atoms with Crippen molar-refractivity contribution in [1.29, 1.82) is 0 Å². The number of hydrogen-bond acceptors (Lipinski definition) is 7. The third-order valence-corrected chi connectivity index (χ3v) is 3.71. The highest BCUT2D eigenvalue weighted by Crippen LogP contribution is 2.35. The zero-order valence-electron chi connectivity index (χ0n) is 13.6. The predicted octanol–water partition coefficient (Wildman–Crippen LogP) is 2.34. The van der Waals surface area contributed by atoms with Crippen LogP contribution in [-0.2, 0) is 4.74 Å². The topological polar surface area (TPSA) is 124 Å². The normalized spacial score (nSPS) is 11.8. The van der Waals surface area contributed by atoms with Crippen molar-refractivity contribution in [2.24, 2.45) is 0 Å². The standard InChI is InChI=1S/C17H20N4O3/c1-9(11-5-4-6-12(8-11)16(23)24-3)7-10(2)13-14(18)20-17(19)21-15(13)22/h4-6,8,10H,1,7H2,2-3H3,(H5,18,19,20,21,22). The monoisotopic (exact) mass is 328 g/mol. The van der Waals surface area contributed by atoms with Gasteiger partial charge in [0.05, 0.1) is 18.2 Å². The number of aromatic hydroxyl groups is 1. The van der Waals surface area contributed by atoms with Gasteiger partial charge in [-0.2, -0.15) is 9.97 Å². The summed E-state index contributed by atoms with van der Waals surface area (Å²) in [6, 6.07) is 6.99. The van der Waals surface area contributed by atoms with Crippen LogP contribution in [0.4, 0.5) is 11.8 Å². The third kappa shape index (κ3) is 3.62. The van der Waals surface area contributed by atoms with Gasteiger partial charge in [0.2, 0.25) is 11.8 Å². The number of anilines is 2. The summed E-state index contributed by atoms with van der Waals surface area (Å²) in [5.74, 6) is -0.760. The van der Waals surface area contributed by atoms with Crippen LogP contribution in [0.5, 0.6) is 5.88 Å². The fraction of sp³-hybridized carbons (Fsp3) is 0.235. The average molecular weight is 328 g/mol. The number of nitrogens with zero attached hydrogens (tertiary/aromatic N) is 2. The van der Waals surface area contributed by atoms with Gasteiger partial charge in [-0.15, -0.1) is 0 Å². The van der Waals surface area contributed by atoms with Crippen molar-refractivity contribution < 1.29 is 14.6 Å². The molecule has 126 valence electrons. The molecular formula is C17H20N4O3. The molecule has 0 aliphatic rings. The van der Waals surface area contributed by atoms with Crippen molar-refractivity contribution in [3.63, 3.8) is 0 Å². The maximum atomic E-state index is 11.6. The largest absolute Gasteiger partial charge is 0.493 e. The molecule has 0 aliphatic carbocycles. The minimum absolute atomic E-state index is 0.0782. The molecule has 0 aliphatic heterocycles. The Morgan fingerprint density at radius 2 is 2.00 bits per heavy atom. The van der Waals surface area contributed by atoms with Gasteiger partial charge < -0.3 is 21.3 Å². The molecule has 0 saturated heterocycles. The summed E-state index contributed by atoms with van der Waals surface area (Å²) in [6.45, 7) is 5.93. The second-order valence-electron chi connectivity index (χ2n) is 5.49. The first-order valence-electron chi connectivity index (χ1n) is 7.31. The van der Waals surface area contributed by atoms with Crippen LogP contribution in [0, 0.1) is 0 Å². The molecule has 0 saturated carbocycles. The number of allylic oxidation sites excluding steroid dienone is 1. The number of carbonyl (C=O) groups is 1. The smallest absolute Gasteiger partial charge is 0.337 e. The lowest BCUT2D eigenvalue weighted by atomic mass is 9.91. The second-order valence-corrected chi connectivity index (χ2v) is 5.49. The van der Waals surface area contributed by atoms with E-state index in [2.05, 4.69) is 16.5 Å².